The maximum absolute atomic E-state index is 12.0. The van der Waals surface area contributed by atoms with Crippen LogP contribution in [0.25, 0.3) is 0 Å². The summed E-state index contributed by atoms with van der Waals surface area (Å²) in [6.45, 7) is 0.515. The number of hydrogen-bond donors (Lipinski definition) is 1. The molecule has 18 heavy (non-hydrogen) atoms. The minimum Gasteiger partial charge on any atom is -0.330 e. The zero-order valence-electron chi connectivity index (χ0n) is 10.1. The predicted octanol–water partition coefficient (Wildman–Crippen LogP) is 1.05. The summed E-state index contributed by atoms with van der Waals surface area (Å²) < 4.78 is 1.59. The third-order valence-corrected chi connectivity index (χ3v) is 2.73. The normalized spacial score (nSPS) is 10.5. The second-order valence-electron chi connectivity index (χ2n) is 4.05. The van der Waals surface area contributed by atoms with Crippen molar-refractivity contribution >= 4 is 5.91 Å². The molecule has 2 N–H and O–H groups in total. The van der Waals surface area contributed by atoms with Gasteiger partial charge in [0, 0.05) is 37.1 Å². The van der Waals surface area contributed by atoms with Crippen LogP contribution in [0.3, 0.4) is 0 Å². The maximum atomic E-state index is 12.0. The van der Waals surface area contributed by atoms with Crippen molar-refractivity contribution < 1.29 is 4.79 Å². The molecule has 0 aliphatic rings. The highest BCUT2D eigenvalue weighted by atomic mass is 16.2. The molecule has 2 aromatic heterocycles. The highest BCUT2D eigenvalue weighted by Gasteiger charge is 2.09. The molecular formula is C13H16N4O. The van der Waals surface area contributed by atoms with E-state index in [2.05, 4.69) is 9.97 Å². The molecule has 2 rings (SSSR count). The van der Waals surface area contributed by atoms with Gasteiger partial charge in [-0.05, 0) is 24.6 Å². The zero-order valence-corrected chi connectivity index (χ0v) is 10.1. The topological polar surface area (TPSA) is 73.8 Å². The van der Waals surface area contributed by atoms with E-state index in [1.165, 1.54) is 0 Å². The van der Waals surface area contributed by atoms with Gasteiger partial charge in [-0.15, -0.1) is 0 Å². The molecule has 0 atom stereocenters. The molecule has 0 bridgehead atoms. The quantitative estimate of drug-likeness (QED) is 0.853. The Morgan fingerprint density at radius 3 is 2.89 bits per heavy atom. The summed E-state index contributed by atoms with van der Waals surface area (Å²) in [5.74, 6) is 0.0415. The van der Waals surface area contributed by atoms with Crippen molar-refractivity contribution in [1.82, 2.24) is 14.5 Å². The van der Waals surface area contributed by atoms with E-state index in [4.69, 9.17) is 5.73 Å². The molecule has 0 radical (unpaired) electrons. The summed E-state index contributed by atoms with van der Waals surface area (Å²) in [5.41, 5.74) is 7.42. The van der Waals surface area contributed by atoms with Crippen molar-refractivity contribution in [1.29, 1.82) is 0 Å². The van der Waals surface area contributed by atoms with Crippen molar-refractivity contribution in [2.24, 2.45) is 5.73 Å². The summed E-state index contributed by atoms with van der Waals surface area (Å²) in [6.07, 6.45) is 8.54. The van der Waals surface area contributed by atoms with Crippen LogP contribution in [-0.2, 0) is 12.8 Å². The van der Waals surface area contributed by atoms with Gasteiger partial charge in [-0.25, -0.2) is 4.98 Å². The van der Waals surface area contributed by atoms with Crippen molar-refractivity contribution in [3.63, 3.8) is 0 Å². The van der Waals surface area contributed by atoms with Crippen LogP contribution >= 0.6 is 0 Å². The standard InChI is InChI=1S/C13H16N4O/c14-6-5-12-9-16-10-17(12)13(18)4-3-11-2-1-7-15-8-11/h1-2,7-10H,3-6,14H2. The molecule has 0 spiro atoms. The molecule has 0 fully saturated rings. The van der Waals surface area contributed by atoms with Crippen LogP contribution in [-0.4, -0.2) is 27.0 Å². The molecule has 5 nitrogen and oxygen atoms in total. The fourth-order valence-electron chi connectivity index (χ4n) is 1.80. The summed E-state index contributed by atoms with van der Waals surface area (Å²) in [5, 5.41) is 0. The van der Waals surface area contributed by atoms with E-state index in [-0.39, 0.29) is 5.91 Å². The largest absolute Gasteiger partial charge is 0.330 e. The Labute approximate surface area is 106 Å². The molecule has 94 valence electrons. The first-order chi connectivity index (χ1) is 8.81. The first kappa shape index (κ1) is 12.4. The smallest absolute Gasteiger partial charge is 0.232 e. The summed E-state index contributed by atoms with van der Waals surface area (Å²) in [6, 6.07) is 3.84. The highest BCUT2D eigenvalue weighted by Crippen LogP contribution is 2.05. The average molecular weight is 244 g/mol. The zero-order chi connectivity index (χ0) is 12.8. The van der Waals surface area contributed by atoms with Gasteiger partial charge in [0.1, 0.15) is 6.33 Å². The van der Waals surface area contributed by atoms with Gasteiger partial charge in [-0.2, -0.15) is 0 Å². The summed E-state index contributed by atoms with van der Waals surface area (Å²) in [7, 11) is 0. The molecule has 0 saturated heterocycles. The van der Waals surface area contributed by atoms with Gasteiger partial charge in [0.25, 0.3) is 0 Å². The number of aromatic nitrogens is 3. The van der Waals surface area contributed by atoms with E-state index in [1.54, 1.807) is 29.5 Å². The minimum atomic E-state index is 0.0415. The molecule has 2 aromatic rings. The number of nitrogens with two attached hydrogens (primary N) is 1. The molecule has 2 heterocycles. The van der Waals surface area contributed by atoms with E-state index < -0.39 is 0 Å². The van der Waals surface area contributed by atoms with Gasteiger partial charge >= 0.3 is 0 Å². The molecule has 5 heteroatoms. The Bertz CT molecular complexity index is 507. The molecule has 0 aromatic carbocycles. The number of nitrogens with zero attached hydrogens (tertiary/aromatic N) is 3. The molecule has 0 amide bonds. The molecule has 0 aliphatic heterocycles. The average Bonchev–Trinajstić information content (AvgIpc) is 2.86. The van der Waals surface area contributed by atoms with Crippen molar-refractivity contribution in [3.05, 3.63) is 48.3 Å². The number of aryl methyl sites for hydroxylation is 1. The van der Waals surface area contributed by atoms with Gasteiger partial charge in [0.05, 0.1) is 0 Å². The second-order valence-corrected chi connectivity index (χ2v) is 4.05. The lowest BCUT2D eigenvalue weighted by Gasteiger charge is -2.05. The lowest BCUT2D eigenvalue weighted by Crippen LogP contribution is -2.16. The van der Waals surface area contributed by atoms with Gasteiger partial charge in [0.2, 0.25) is 5.91 Å². The number of carbonyl (C=O) groups is 1. The van der Waals surface area contributed by atoms with Gasteiger partial charge in [-0.1, -0.05) is 6.07 Å². The SMILES string of the molecule is NCCc1cncn1C(=O)CCc1cccnc1. The Hall–Kier alpha value is -2.01. The minimum absolute atomic E-state index is 0.0415. The third-order valence-electron chi connectivity index (χ3n) is 2.73. The molecule has 0 saturated carbocycles. The predicted molar refractivity (Wildman–Crippen MR) is 68.2 cm³/mol. The first-order valence-electron chi connectivity index (χ1n) is 5.94. The van der Waals surface area contributed by atoms with Gasteiger partial charge in [0.15, 0.2) is 0 Å². The van der Waals surface area contributed by atoms with E-state index in [0.717, 1.165) is 11.3 Å². The maximum Gasteiger partial charge on any atom is 0.232 e. The number of imidazole rings is 1. The fourth-order valence-corrected chi connectivity index (χ4v) is 1.80. The van der Waals surface area contributed by atoms with Crippen LogP contribution in [0.5, 0.6) is 0 Å². The Morgan fingerprint density at radius 1 is 1.28 bits per heavy atom. The van der Waals surface area contributed by atoms with E-state index in [0.29, 0.717) is 25.8 Å². The third kappa shape index (κ3) is 3.01. The van der Waals surface area contributed by atoms with E-state index in [9.17, 15) is 4.79 Å². The monoisotopic (exact) mass is 244 g/mol. The number of rotatable bonds is 5. The first-order valence-corrected chi connectivity index (χ1v) is 5.94. The van der Waals surface area contributed by atoms with Crippen molar-refractivity contribution in [3.8, 4) is 0 Å². The van der Waals surface area contributed by atoms with Crippen molar-refractivity contribution in [2.45, 2.75) is 19.3 Å². The number of hydrogen-bond acceptors (Lipinski definition) is 4. The van der Waals surface area contributed by atoms with Crippen LogP contribution in [0, 0.1) is 0 Å². The van der Waals surface area contributed by atoms with Crippen LogP contribution in [0.2, 0.25) is 0 Å². The highest BCUT2D eigenvalue weighted by molar-refractivity contribution is 5.79. The van der Waals surface area contributed by atoms with Crippen molar-refractivity contribution in [2.75, 3.05) is 6.54 Å². The van der Waals surface area contributed by atoms with Gasteiger partial charge < -0.3 is 5.73 Å². The Balaban J connectivity index is 1.97. The Morgan fingerprint density at radius 2 is 2.17 bits per heavy atom. The van der Waals surface area contributed by atoms with Crippen LogP contribution in [0.15, 0.2) is 37.1 Å². The number of carbonyl (C=O) groups excluding carboxylic acids is 1. The molecule has 0 unspecified atom stereocenters. The second kappa shape index (κ2) is 6.07. The lowest BCUT2D eigenvalue weighted by atomic mass is 10.1. The van der Waals surface area contributed by atoms with Crippen LogP contribution in [0.1, 0.15) is 22.5 Å². The van der Waals surface area contributed by atoms with E-state index in [1.807, 2.05) is 12.1 Å². The fraction of sp³-hybridized carbons (Fsp3) is 0.308. The molecule has 0 aliphatic carbocycles. The summed E-state index contributed by atoms with van der Waals surface area (Å²) >= 11 is 0. The van der Waals surface area contributed by atoms with E-state index >= 15 is 0 Å². The van der Waals surface area contributed by atoms with Crippen LogP contribution < -0.4 is 5.73 Å². The lowest BCUT2D eigenvalue weighted by molar-refractivity contribution is 0.0900. The molecular weight excluding hydrogens is 228 g/mol. The summed E-state index contributed by atoms with van der Waals surface area (Å²) in [4.78, 5) is 20.1. The van der Waals surface area contributed by atoms with Crippen LogP contribution in [0.4, 0.5) is 0 Å². The number of pyridine rings is 1. The Kier molecular flexibility index (Phi) is 4.20. The van der Waals surface area contributed by atoms with Gasteiger partial charge in [-0.3, -0.25) is 14.3 Å².